The highest BCUT2D eigenvalue weighted by Gasteiger charge is 2.28. The zero-order chi connectivity index (χ0) is 12.3. The summed E-state index contributed by atoms with van der Waals surface area (Å²) in [5.41, 5.74) is 6.41. The Morgan fingerprint density at radius 1 is 1.41 bits per heavy atom. The molecule has 0 spiro atoms. The van der Waals surface area contributed by atoms with Gasteiger partial charge in [-0.1, -0.05) is 12.1 Å². The van der Waals surface area contributed by atoms with Crippen molar-refractivity contribution in [3.8, 4) is 5.75 Å². The third-order valence-electron chi connectivity index (χ3n) is 2.95. The van der Waals surface area contributed by atoms with E-state index in [9.17, 15) is 8.42 Å². The molecule has 0 aromatic heterocycles. The van der Waals surface area contributed by atoms with Crippen molar-refractivity contribution in [2.75, 3.05) is 24.7 Å². The third-order valence-corrected chi connectivity index (χ3v) is 4.72. The fourth-order valence-corrected chi connectivity index (χ4v) is 3.88. The van der Waals surface area contributed by atoms with Gasteiger partial charge in [-0.3, -0.25) is 0 Å². The van der Waals surface area contributed by atoms with Gasteiger partial charge in [0.25, 0.3) is 0 Å². The van der Waals surface area contributed by atoms with Crippen molar-refractivity contribution in [3.63, 3.8) is 0 Å². The van der Waals surface area contributed by atoms with Gasteiger partial charge in [-0.25, -0.2) is 8.42 Å². The van der Waals surface area contributed by atoms with E-state index < -0.39 is 9.84 Å². The molecule has 17 heavy (non-hydrogen) atoms. The highest BCUT2D eigenvalue weighted by atomic mass is 32.2. The van der Waals surface area contributed by atoms with E-state index in [4.69, 9.17) is 10.5 Å². The van der Waals surface area contributed by atoms with Gasteiger partial charge in [0.2, 0.25) is 0 Å². The summed E-state index contributed by atoms with van der Waals surface area (Å²) in [7, 11) is -2.83. The minimum Gasteiger partial charge on any atom is -0.492 e. The Labute approximate surface area is 102 Å². The van der Waals surface area contributed by atoms with Crippen molar-refractivity contribution in [1.29, 1.82) is 0 Å². The first-order valence-electron chi connectivity index (χ1n) is 5.74. The van der Waals surface area contributed by atoms with Gasteiger partial charge in [-0.2, -0.15) is 0 Å². The normalized spacial score (nSPS) is 22.5. The molecule has 2 N–H and O–H groups in total. The second-order valence-corrected chi connectivity index (χ2v) is 6.54. The van der Waals surface area contributed by atoms with Crippen LogP contribution in [-0.2, 0) is 9.84 Å². The summed E-state index contributed by atoms with van der Waals surface area (Å²) in [6.45, 7) is 0.953. The van der Waals surface area contributed by atoms with Gasteiger partial charge in [0, 0.05) is 6.54 Å². The topological polar surface area (TPSA) is 69.4 Å². The van der Waals surface area contributed by atoms with Gasteiger partial charge in [0.15, 0.2) is 9.84 Å². The number of sulfone groups is 1. The first kappa shape index (κ1) is 12.4. The monoisotopic (exact) mass is 255 g/mol. The van der Waals surface area contributed by atoms with Crippen molar-refractivity contribution in [1.82, 2.24) is 0 Å². The summed E-state index contributed by atoms with van der Waals surface area (Å²) in [6, 6.07) is 7.64. The number of benzene rings is 1. The molecule has 2 rings (SSSR count). The van der Waals surface area contributed by atoms with Crippen LogP contribution in [-0.4, -0.2) is 33.1 Å². The predicted octanol–water partition coefficient (Wildman–Crippen LogP) is 0.926. The van der Waals surface area contributed by atoms with Crippen molar-refractivity contribution in [2.45, 2.75) is 12.3 Å². The molecule has 1 heterocycles. The molecule has 1 fully saturated rings. The quantitative estimate of drug-likeness (QED) is 0.869. The molecule has 1 atom stereocenters. The summed E-state index contributed by atoms with van der Waals surface area (Å²) in [4.78, 5) is 0. The average Bonchev–Trinajstić information content (AvgIpc) is 2.67. The van der Waals surface area contributed by atoms with Crippen molar-refractivity contribution in [2.24, 2.45) is 5.73 Å². The van der Waals surface area contributed by atoms with E-state index in [1.165, 1.54) is 0 Å². The van der Waals surface area contributed by atoms with Crippen molar-refractivity contribution >= 4 is 9.84 Å². The zero-order valence-electron chi connectivity index (χ0n) is 9.63. The lowest BCUT2D eigenvalue weighted by Crippen LogP contribution is -2.11. The standard InChI is InChI=1S/C12H17NO3S/c13-5-6-16-12-3-1-2-10(8-12)11-4-7-17(14,15)9-11/h1-3,8,11H,4-7,9,13H2. The first-order valence-corrected chi connectivity index (χ1v) is 7.56. The summed E-state index contributed by atoms with van der Waals surface area (Å²) in [5, 5.41) is 0. The lowest BCUT2D eigenvalue weighted by molar-refractivity contribution is 0.328. The van der Waals surface area contributed by atoms with Crippen molar-refractivity contribution < 1.29 is 13.2 Å². The Balaban J connectivity index is 2.11. The molecule has 0 aliphatic carbocycles. The summed E-state index contributed by atoms with van der Waals surface area (Å²) >= 11 is 0. The number of ether oxygens (including phenoxy) is 1. The summed E-state index contributed by atoms with van der Waals surface area (Å²) < 4.78 is 28.3. The van der Waals surface area contributed by atoms with E-state index in [2.05, 4.69) is 0 Å². The van der Waals surface area contributed by atoms with Crippen LogP contribution in [0.15, 0.2) is 24.3 Å². The van der Waals surface area contributed by atoms with E-state index in [1.54, 1.807) is 0 Å². The first-order chi connectivity index (χ1) is 8.11. The predicted molar refractivity (Wildman–Crippen MR) is 67.0 cm³/mol. The maximum absolute atomic E-state index is 11.4. The SMILES string of the molecule is NCCOc1cccc(C2CCS(=O)(=O)C2)c1. The number of hydrogen-bond donors (Lipinski definition) is 1. The molecule has 4 nitrogen and oxygen atoms in total. The fraction of sp³-hybridized carbons (Fsp3) is 0.500. The van der Waals surface area contributed by atoms with Crippen LogP contribution in [0.25, 0.3) is 0 Å². The lowest BCUT2D eigenvalue weighted by Gasteiger charge is -2.10. The highest BCUT2D eigenvalue weighted by Crippen LogP contribution is 2.30. The Morgan fingerprint density at radius 2 is 2.24 bits per heavy atom. The molecule has 0 amide bonds. The van der Waals surface area contributed by atoms with E-state index in [1.807, 2.05) is 24.3 Å². The van der Waals surface area contributed by atoms with Gasteiger partial charge in [0.1, 0.15) is 12.4 Å². The van der Waals surface area contributed by atoms with Crippen molar-refractivity contribution in [3.05, 3.63) is 29.8 Å². The van der Waals surface area contributed by atoms with Gasteiger partial charge in [-0.15, -0.1) is 0 Å². The molecule has 0 radical (unpaired) electrons. The Kier molecular flexibility index (Phi) is 3.69. The molecule has 94 valence electrons. The molecule has 1 aromatic rings. The molecule has 1 aliphatic heterocycles. The van der Waals surface area contributed by atoms with Crippen LogP contribution in [0.4, 0.5) is 0 Å². The van der Waals surface area contributed by atoms with Gasteiger partial charge < -0.3 is 10.5 Å². The molecular formula is C12H17NO3S. The van der Waals surface area contributed by atoms with Crippen LogP contribution in [0.2, 0.25) is 0 Å². The molecule has 1 aromatic carbocycles. The molecule has 1 unspecified atom stereocenters. The average molecular weight is 255 g/mol. The zero-order valence-corrected chi connectivity index (χ0v) is 10.4. The van der Waals surface area contributed by atoms with Gasteiger partial charge in [0.05, 0.1) is 11.5 Å². The number of hydrogen-bond acceptors (Lipinski definition) is 4. The molecular weight excluding hydrogens is 238 g/mol. The Hall–Kier alpha value is -1.07. The Morgan fingerprint density at radius 3 is 2.88 bits per heavy atom. The maximum Gasteiger partial charge on any atom is 0.150 e. The van der Waals surface area contributed by atoms with E-state index in [0.29, 0.717) is 25.3 Å². The molecule has 5 heteroatoms. The van der Waals surface area contributed by atoms with Crippen LogP contribution in [0.5, 0.6) is 5.75 Å². The highest BCUT2D eigenvalue weighted by molar-refractivity contribution is 7.91. The van der Waals surface area contributed by atoms with E-state index in [0.717, 1.165) is 11.3 Å². The molecule has 0 saturated carbocycles. The largest absolute Gasteiger partial charge is 0.492 e. The van der Waals surface area contributed by atoms with Gasteiger partial charge >= 0.3 is 0 Å². The smallest absolute Gasteiger partial charge is 0.150 e. The van der Waals surface area contributed by atoms with Crippen LogP contribution in [0, 0.1) is 0 Å². The molecule has 1 saturated heterocycles. The van der Waals surface area contributed by atoms with Crippen LogP contribution >= 0.6 is 0 Å². The van der Waals surface area contributed by atoms with E-state index >= 15 is 0 Å². The minimum absolute atomic E-state index is 0.112. The van der Waals surface area contributed by atoms with Gasteiger partial charge in [-0.05, 0) is 30.0 Å². The number of nitrogens with two attached hydrogens (primary N) is 1. The summed E-state index contributed by atoms with van der Waals surface area (Å²) in [6.07, 6.45) is 0.711. The number of rotatable bonds is 4. The van der Waals surface area contributed by atoms with Crippen LogP contribution in [0.3, 0.4) is 0 Å². The maximum atomic E-state index is 11.4. The fourth-order valence-electron chi connectivity index (χ4n) is 2.09. The third kappa shape index (κ3) is 3.20. The molecule has 1 aliphatic rings. The van der Waals surface area contributed by atoms with E-state index in [-0.39, 0.29) is 11.7 Å². The van der Waals surface area contributed by atoms with Crippen LogP contribution < -0.4 is 10.5 Å². The Bertz CT molecular complexity index is 484. The minimum atomic E-state index is -2.83. The molecule has 0 bridgehead atoms. The second-order valence-electron chi connectivity index (χ2n) is 4.31. The van der Waals surface area contributed by atoms with Crippen LogP contribution in [0.1, 0.15) is 17.9 Å². The lowest BCUT2D eigenvalue weighted by atomic mass is 9.99. The second kappa shape index (κ2) is 5.06. The summed E-state index contributed by atoms with van der Waals surface area (Å²) in [5.74, 6) is 1.43.